The maximum atomic E-state index is 12.3. The summed E-state index contributed by atoms with van der Waals surface area (Å²) in [7, 11) is 0. The van der Waals surface area contributed by atoms with Crippen LogP contribution in [0.1, 0.15) is 20.3 Å². The quantitative estimate of drug-likeness (QED) is 0.597. The van der Waals surface area contributed by atoms with Crippen LogP contribution in [0, 0.1) is 0 Å². The predicted octanol–water partition coefficient (Wildman–Crippen LogP) is 4.10. The molecule has 0 spiro atoms. The zero-order valence-corrected chi connectivity index (χ0v) is 14.6. The van der Waals surface area contributed by atoms with Gasteiger partial charge in [0, 0.05) is 5.02 Å². The molecule has 2 rings (SSSR count). The molecule has 1 atom stereocenters. The first kappa shape index (κ1) is 17.1. The number of amides is 1. The van der Waals surface area contributed by atoms with Gasteiger partial charge in [0.15, 0.2) is 10.4 Å². The molecule has 1 N–H and O–H groups in total. The van der Waals surface area contributed by atoms with E-state index in [0.29, 0.717) is 22.3 Å². The maximum Gasteiger partial charge on any atom is 0.267 e. The number of rotatable bonds is 7. The second kappa shape index (κ2) is 8.36. The van der Waals surface area contributed by atoms with Crippen LogP contribution in [0.25, 0.3) is 0 Å². The van der Waals surface area contributed by atoms with Crippen molar-refractivity contribution >= 4 is 45.7 Å². The van der Waals surface area contributed by atoms with E-state index >= 15 is 0 Å². The predicted molar refractivity (Wildman–Crippen MR) is 91.1 cm³/mol. The van der Waals surface area contributed by atoms with Crippen LogP contribution in [0.15, 0.2) is 28.6 Å². The van der Waals surface area contributed by atoms with Crippen molar-refractivity contribution in [1.82, 2.24) is 10.2 Å². The summed E-state index contributed by atoms with van der Waals surface area (Å²) in [5.74, 6) is 1.23. The van der Waals surface area contributed by atoms with E-state index in [-0.39, 0.29) is 5.91 Å². The zero-order chi connectivity index (χ0) is 15.9. The Morgan fingerprint density at radius 2 is 2.27 bits per heavy atom. The summed E-state index contributed by atoms with van der Waals surface area (Å²) in [5, 5.41) is 11.7. The molecule has 0 fully saturated rings. The Hall–Kier alpha value is -1.31. The van der Waals surface area contributed by atoms with Gasteiger partial charge in [-0.05, 0) is 30.4 Å². The summed E-state index contributed by atoms with van der Waals surface area (Å²) in [6.07, 6.45) is -0.0714. The number of aromatic nitrogens is 2. The molecule has 0 saturated heterocycles. The number of carbonyl (C=O) groups is 1. The van der Waals surface area contributed by atoms with Crippen molar-refractivity contribution in [3.63, 3.8) is 0 Å². The monoisotopic (exact) mass is 357 g/mol. The van der Waals surface area contributed by atoms with E-state index in [4.69, 9.17) is 16.3 Å². The van der Waals surface area contributed by atoms with Gasteiger partial charge in [-0.3, -0.25) is 10.1 Å². The van der Waals surface area contributed by atoms with Gasteiger partial charge in [-0.2, -0.15) is 0 Å². The molecule has 1 aromatic carbocycles. The Kier molecular flexibility index (Phi) is 6.48. The van der Waals surface area contributed by atoms with Gasteiger partial charge in [0.25, 0.3) is 5.91 Å². The number of thioether (sulfide) groups is 1. The number of benzene rings is 1. The molecule has 0 aliphatic carbocycles. The van der Waals surface area contributed by atoms with Crippen LogP contribution >= 0.6 is 34.7 Å². The number of hydrogen-bond donors (Lipinski definition) is 1. The van der Waals surface area contributed by atoms with Gasteiger partial charge < -0.3 is 4.74 Å². The summed E-state index contributed by atoms with van der Waals surface area (Å²) in [6, 6.07) is 6.98. The minimum atomic E-state index is -0.607. The zero-order valence-electron chi connectivity index (χ0n) is 12.2. The fourth-order valence-corrected chi connectivity index (χ4v) is 3.49. The van der Waals surface area contributed by atoms with Crippen LogP contribution in [0.2, 0.25) is 5.02 Å². The number of anilines is 1. The van der Waals surface area contributed by atoms with E-state index in [0.717, 1.165) is 10.1 Å². The normalized spacial score (nSPS) is 12.0. The molecule has 0 saturated carbocycles. The van der Waals surface area contributed by atoms with Crippen LogP contribution < -0.4 is 10.1 Å². The summed E-state index contributed by atoms with van der Waals surface area (Å²) < 4.78 is 6.52. The van der Waals surface area contributed by atoms with Crippen molar-refractivity contribution in [1.29, 1.82) is 0 Å². The average Bonchev–Trinajstić information content (AvgIpc) is 2.92. The van der Waals surface area contributed by atoms with Gasteiger partial charge in [-0.15, -0.1) is 10.2 Å². The lowest BCUT2D eigenvalue weighted by atomic mass is 10.2. The van der Waals surface area contributed by atoms with Gasteiger partial charge in [0.1, 0.15) is 5.75 Å². The smallest absolute Gasteiger partial charge is 0.267 e. The van der Waals surface area contributed by atoms with Gasteiger partial charge in [-0.1, -0.05) is 54.6 Å². The van der Waals surface area contributed by atoms with Crippen molar-refractivity contribution in [3.8, 4) is 5.75 Å². The SMILES string of the molecule is CCSc1nnc(NC(=O)C(CC)Oc2cccc(Cl)c2)s1. The number of halogens is 1. The topological polar surface area (TPSA) is 64.1 Å². The number of nitrogens with one attached hydrogen (secondary N) is 1. The fraction of sp³-hybridized carbons (Fsp3) is 0.357. The van der Waals surface area contributed by atoms with Crippen LogP contribution in [-0.2, 0) is 4.79 Å². The molecule has 1 aromatic heterocycles. The third-order valence-corrected chi connectivity index (χ3v) is 4.73. The summed E-state index contributed by atoms with van der Waals surface area (Å²) in [5.41, 5.74) is 0. The molecular weight excluding hydrogens is 342 g/mol. The highest BCUT2D eigenvalue weighted by Gasteiger charge is 2.20. The molecule has 0 aliphatic rings. The third-order valence-electron chi connectivity index (χ3n) is 2.64. The maximum absolute atomic E-state index is 12.3. The van der Waals surface area contributed by atoms with E-state index in [1.807, 2.05) is 13.8 Å². The largest absolute Gasteiger partial charge is 0.481 e. The lowest BCUT2D eigenvalue weighted by Gasteiger charge is -2.16. The van der Waals surface area contributed by atoms with E-state index in [1.54, 1.807) is 36.0 Å². The minimum absolute atomic E-state index is 0.244. The third kappa shape index (κ3) is 4.86. The van der Waals surface area contributed by atoms with Crippen molar-refractivity contribution in [2.75, 3.05) is 11.1 Å². The molecule has 8 heteroatoms. The molecule has 1 heterocycles. The number of carbonyl (C=O) groups excluding carboxylic acids is 1. The molecule has 0 bridgehead atoms. The van der Waals surface area contributed by atoms with Crippen molar-refractivity contribution in [2.24, 2.45) is 0 Å². The summed E-state index contributed by atoms with van der Waals surface area (Å²) in [6.45, 7) is 3.92. The van der Waals surface area contributed by atoms with E-state index in [2.05, 4.69) is 15.5 Å². The first-order valence-corrected chi connectivity index (χ1v) is 8.99. The lowest BCUT2D eigenvalue weighted by Crippen LogP contribution is -2.32. The highest BCUT2D eigenvalue weighted by Crippen LogP contribution is 2.25. The van der Waals surface area contributed by atoms with Gasteiger partial charge in [0.05, 0.1) is 0 Å². The molecule has 2 aromatic rings. The molecular formula is C14H16ClN3O2S2. The Morgan fingerprint density at radius 1 is 1.45 bits per heavy atom. The molecule has 5 nitrogen and oxygen atoms in total. The number of ether oxygens (including phenoxy) is 1. The second-order valence-corrected chi connectivity index (χ2v) is 7.19. The fourth-order valence-electron chi connectivity index (χ4n) is 1.65. The Labute approximate surface area is 142 Å². The van der Waals surface area contributed by atoms with Crippen LogP contribution in [0.3, 0.4) is 0 Å². The van der Waals surface area contributed by atoms with E-state index < -0.39 is 6.10 Å². The first-order chi connectivity index (χ1) is 10.6. The highest BCUT2D eigenvalue weighted by atomic mass is 35.5. The molecule has 1 unspecified atom stereocenters. The molecule has 0 aliphatic heterocycles. The number of hydrogen-bond acceptors (Lipinski definition) is 6. The lowest BCUT2D eigenvalue weighted by molar-refractivity contribution is -0.122. The first-order valence-electron chi connectivity index (χ1n) is 6.81. The van der Waals surface area contributed by atoms with Gasteiger partial charge in [0.2, 0.25) is 5.13 Å². The Balaban J connectivity index is 1.98. The van der Waals surface area contributed by atoms with E-state index in [9.17, 15) is 4.79 Å². The molecule has 22 heavy (non-hydrogen) atoms. The van der Waals surface area contributed by atoms with Crippen molar-refractivity contribution in [2.45, 2.75) is 30.7 Å². The van der Waals surface area contributed by atoms with Crippen LogP contribution in [0.4, 0.5) is 5.13 Å². The van der Waals surface area contributed by atoms with Crippen molar-refractivity contribution < 1.29 is 9.53 Å². The summed E-state index contributed by atoms with van der Waals surface area (Å²) in [4.78, 5) is 12.3. The molecule has 118 valence electrons. The average molecular weight is 358 g/mol. The van der Waals surface area contributed by atoms with Gasteiger partial charge in [-0.25, -0.2) is 0 Å². The second-order valence-electron chi connectivity index (χ2n) is 4.27. The van der Waals surface area contributed by atoms with E-state index in [1.165, 1.54) is 11.3 Å². The van der Waals surface area contributed by atoms with Gasteiger partial charge >= 0.3 is 0 Å². The summed E-state index contributed by atoms with van der Waals surface area (Å²) >= 11 is 8.86. The standard InChI is InChI=1S/C14H16ClN3O2S2/c1-3-11(20-10-7-5-6-9(15)8-10)12(19)16-13-17-18-14(22-13)21-4-2/h5-8,11H,3-4H2,1-2H3,(H,16,17,19). The number of nitrogens with zero attached hydrogens (tertiary/aromatic N) is 2. The molecule has 0 radical (unpaired) electrons. The van der Waals surface area contributed by atoms with Crippen molar-refractivity contribution in [3.05, 3.63) is 29.3 Å². The van der Waals surface area contributed by atoms with Crippen LogP contribution in [0.5, 0.6) is 5.75 Å². The minimum Gasteiger partial charge on any atom is -0.481 e. The molecule has 1 amide bonds. The highest BCUT2D eigenvalue weighted by molar-refractivity contribution is 8.01. The Bertz CT molecular complexity index is 636. The Morgan fingerprint density at radius 3 is 2.95 bits per heavy atom. The van der Waals surface area contributed by atoms with Crippen LogP contribution in [-0.4, -0.2) is 28.0 Å².